The van der Waals surface area contributed by atoms with E-state index in [-0.39, 0.29) is 25.0 Å². The number of esters is 1. The predicted octanol–water partition coefficient (Wildman–Crippen LogP) is 5.31. The first-order valence-corrected chi connectivity index (χ1v) is 14.2. The molecule has 4 heterocycles. The molecule has 0 spiro atoms. The van der Waals surface area contributed by atoms with Crippen LogP contribution < -0.4 is 4.90 Å². The summed E-state index contributed by atoms with van der Waals surface area (Å²) in [5, 5.41) is 0.738. The molecule has 1 saturated heterocycles. The molecule has 3 aromatic rings. The van der Waals surface area contributed by atoms with E-state index in [0.717, 1.165) is 36.6 Å². The summed E-state index contributed by atoms with van der Waals surface area (Å²) in [6.45, 7) is 9.79. The molecule has 1 unspecified atom stereocenters. The van der Waals surface area contributed by atoms with Gasteiger partial charge in [0, 0.05) is 59.6 Å². The fraction of sp³-hybridized carbons (Fsp3) is 0.367. The molecule has 208 valence electrons. The quantitative estimate of drug-likeness (QED) is 0.278. The van der Waals surface area contributed by atoms with Crippen LogP contribution in [0.5, 0.6) is 0 Å². The van der Waals surface area contributed by atoms with Crippen LogP contribution in [0, 0.1) is 5.92 Å². The number of allylic oxidation sites excluding steroid dienone is 1. The number of imidazole rings is 1. The normalized spacial score (nSPS) is 19.0. The molecular weight excluding hydrogens is 551 g/mol. The van der Waals surface area contributed by atoms with Gasteiger partial charge in [-0.2, -0.15) is 0 Å². The van der Waals surface area contributed by atoms with Crippen molar-refractivity contribution in [2.24, 2.45) is 5.92 Å². The van der Waals surface area contributed by atoms with Gasteiger partial charge in [0.1, 0.15) is 0 Å². The molecule has 0 bridgehead atoms. The Labute approximate surface area is 243 Å². The lowest BCUT2D eigenvalue weighted by Gasteiger charge is -2.29. The molecule has 0 N–H and O–H groups in total. The first kappa shape index (κ1) is 26.9. The zero-order valence-electron chi connectivity index (χ0n) is 22.2. The summed E-state index contributed by atoms with van der Waals surface area (Å²) in [4.78, 5) is 35.6. The van der Waals surface area contributed by atoms with Gasteiger partial charge in [-0.25, -0.2) is 9.78 Å². The monoisotopic (exact) mass is 580 g/mol. The van der Waals surface area contributed by atoms with Crippen LogP contribution in [-0.2, 0) is 33.8 Å². The summed E-state index contributed by atoms with van der Waals surface area (Å²) in [5.74, 6) is -0.655. The zero-order valence-corrected chi connectivity index (χ0v) is 23.7. The number of rotatable bonds is 7. The van der Waals surface area contributed by atoms with E-state index in [9.17, 15) is 9.59 Å². The molecule has 1 aromatic heterocycles. The second kappa shape index (κ2) is 10.9. The number of anilines is 1. The minimum atomic E-state index is -1.01. The average Bonchev–Trinajstić information content (AvgIpc) is 3.66. The van der Waals surface area contributed by atoms with Gasteiger partial charge in [-0.15, -0.1) is 6.58 Å². The van der Waals surface area contributed by atoms with Crippen molar-refractivity contribution in [3.63, 3.8) is 0 Å². The van der Waals surface area contributed by atoms with E-state index < -0.39 is 12.0 Å². The minimum absolute atomic E-state index is 0.129. The number of ether oxygens (including phenoxy) is 2. The molecule has 0 radical (unpaired) electrons. The number of carbonyl (C=O) groups is 2. The van der Waals surface area contributed by atoms with Gasteiger partial charge in [-0.3, -0.25) is 4.79 Å². The number of nitrogens with zero attached hydrogens (tertiary/aromatic N) is 4. The first-order valence-electron chi connectivity index (χ1n) is 13.5. The van der Waals surface area contributed by atoms with Crippen molar-refractivity contribution in [1.29, 1.82) is 0 Å². The lowest BCUT2D eigenvalue weighted by molar-refractivity contribution is -0.149. The number of aromatic nitrogens is 2. The maximum absolute atomic E-state index is 14.0. The van der Waals surface area contributed by atoms with E-state index in [1.54, 1.807) is 19.3 Å². The molecule has 6 rings (SSSR count). The van der Waals surface area contributed by atoms with E-state index in [2.05, 4.69) is 16.5 Å². The number of carbonyl (C=O) groups excluding carboxylic acids is 2. The Kier molecular flexibility index (Phi) is 7.33. The van der Waals surface area contributed by atoms with Crippen molar-refractivity contribution in [2.75, 3.05) is 37.8 Å². The zero-order chi connectivity index (χ0) is 28.0. The molecule has 1 fully saturated rings. The molecular formula is C30H30Cl2N4O4. The van der Waals surface area contributed by atoms with Crippen molar-refractivity contribution in [1.82, 2.24) is 14.5 Å². The molecule has 2 atom stereocenters. The van der Waals surface area contributed by atoms with Crippen LogP contribution >= 0.6 is 23.2 Å². The van der Waals surface area contributed by atoms with Crippen LogP contribution in [0.4, 0.5) is 5.69 Å². The molecule has 0 aliphatic carbocycles. The van der Waals surface area contributed by atoms with Crippen LogP contribution in [0.3, 0.4) is 0 Å². The van der Waals surface area contributed by atoms with Crippen molar-refractivity contribution >= 4 is 40.8 Å². The van der Waals surface area contributed by atoms with Crippen molar-refractivity contribution < 1.29 is 19.1 Å². The number of morpholine rings is 1. The number of amides is 1. The Morgan fingerprint density at radius 2 is 2.00 bits per heavy atom. The lowest BCUT2D eigenvalue weighted by Crippen LogP contribution is -2.36. The van der Waals surface area contributed by atoms with Gasteiger partial charge >= 0.3 is 5.97 Å². The van der Waals surface area contributed by atoms with E-state index in [4.69, 9.17) is 32.7 Å². The van der Waals surface area contributed by atoms with Gasteiger partial charge in [0.05, 0.1) is 42.4 Å². The Bertz CT molecular complexity index is 1480. The average molecular weight is 582 g/mol. The maximum atomic E-state index is 14.0. The van der Waals surface area contributed by atoms with Crippen LogP contribution in [0.25, 0.3) is 11.1 Å². The standard InChI is InChI=1S/C30H30Cl2N4O4/c1-3-18-13-24-27(33-17-35(24)15-18)28(30(38)40-4-2)36-16-22-23(31)14-21(26(32)25(22)29(36)37)19-5-7-20(8-6-19)34-9-11-39-12-10-34/h3,5-8,14,17-18,28H,1,4,9-13,15-16H2,2H3/t18-,28?/m1/s1. The van der Waals surface area contributed by atoms with E-state index in [1.807, 2.05) is 34.9 Å². The van der Waals surface area contributed by atoms with Crippen molar-refractivity contribution in [3.8, 4) is 11.1 Å². The van der Waals surface area contributed by atoms with Gasteiger partial charge in [0.15, 0.2) is 6.04 Å². The highest BCUT2D eigenvalue weighted by Gasteiger charge is 2.44. The Hall–Kier alpha value is -3.33. The largest absolute Gasteiger partial charge is 0.464 e. The van der Waals surface area contributed by atoms with Gasteiger partial charge in [0.2, 0.25) is 0 Å². The van der Waals surface area contributed by atoms with Crippen LogP contribution in [-0.4, -0.2) is 59.2 Å². The fourth-order valence-corrected chi connectivity index (χ4v) is 6.50. The third-order valence-electron chi connectivity index (χ3n) is 7.95. The van der Waals surface area contributed by atoms with E-state index in [1.165, 1.54) is 4.90 Å². The summed E-state index contributed by atoms with van der Waals surface area (Å²) in [5.41, 5.74) is 4.96. The van der Waals surface area contributed by atoms with E-state index in [0.29, 0.717) is 52.1 Å². The minimum Gasteiger partial charge on any atom is -0.464 e. The van der Waals surface area contributed by atoms with Crippen molar-refractivity contribution in [2.45, 2.75) is 32.5 Å². The summed E-state index contributed by atoms with van der Waals surface area (Å²) >= 11 is 13.7. The van der Waals surface area contributed by atoms with Gasteiger partial charge in [-0.05, 0) is 37.1 Å². The number of hydrogen-bond donors (Lipinski definition) is 0. The van der Waals surface area contributed by atoms with Crippen molar-refractivity contribution in [3.05, 3.63) is 81.9 Å². The molecule has 3 aliphatic heterocycles. The SMILES string of the molecule is C=C[C@@H]1Cc2c(C(C(=O)OCC)N3Cc4c(Cl)cc(-c5ccc(N6CCOCC6)cc5)c(Cl)c4C3=O)ncn2C1. The molecule has 40 heavy (non-hydrogen) atoms. The highest BCUT2D eigenvalue weighted by atomic mass is 35.5. The number of hydrogen-bond acceptors (Lipinski definition) is 6. The topological polar surface area (TPSA) is 76.9 Å². The molecule has 3 aliphatic rings. The Morgan fingerprint density at radius 1 is 1.25 bits per heavy atom. The summed E-state index contributed by atoms with van der Waals surface area (Å²) in [6, 6.07) is 8.84. The van der Waals surface area contributed by atoms with Crippen LogP contribution in [0.15, 0.2) is 49.3 Å². The number of fused-ring (bicyclic) bond motifs is 2. The highest BCUT2D eigenvalue weighted by Crippen LogP contribution is 2.44. The Morgan fingerprint density at radius 3 is 2.70 bits per heavy atom. The highest BCUT2D eigenvalue weighted by molar-refractivity contribution is 6.39. The smallest absolute Gasteiger partial charge is 0.335 e. The summed E-state index contributed by atoms with van der Waals surface area (Å²) in [6.07, 6.45) is 4.31. The summed E-state index contributed by atoms with van der Waals surface area (Å²) < 4.78 is 12.9. The molecule has 8 nitrogen and oxygen atoms in total. The number of halogens is 2. The van der Waals surface area contributed by atoms with E-state index >= 15 is 0 Å². The maximum Gasteiger partial charge on any atom is 0.335 e. The molecule has 10 heteroatoms. The van der Waals surface area contributed by atoms with Crippen LogP contribution in [0.1, 0.15) is 40.3 Å². The fourth-order valence-electron chi connectivity index (χ4n) is 5.88. The Balaban J connectivity index is 1.34. The van der Waals surface area contributed by atoms with Crippen LogP contribution in [0.2, 0.25) is 10.0 Å². The number of benzene rings is 2. The molecule has 1 amide bonds. The lowest BCUT2D eigenvalue weighted by atomic mass is 9.99. The van der Waals surface area contributed by atoms with Gasteiger partial charge < -0.3 is 23.8 Å². The third-order valence-corrected chi connectivity index (χ3v) is 8.68. The first-order chi connectivity index (χ1) is 19.4. The van der Waals surface area contributed by atoms with Gasteiger partial charge in [-0.1, -0.05) is 41.4 Å². The predicted molar refractivity (Wildman–Crippen MR) is 154 cm³/mol. The third kappa shape index (κ3) is 4.58. The molecule has 2 aromatic carbocycles. The second-order valence-corrected chi connectivity index (χ2v) is 11.0. The van der Waals surface area contributed by atoms with Gasteiger partial charge in [0.25, 0.3) is 5.91 Å². The second-order valence-electron chi connectivity index (χ2n) is 10.2. The molecule has 0 saturated carbocycles. The summed E-state index contributed by atoms with van der Waals surface area (Å²) in [7, 11) is 0.